The van der Waals surface area contributed by atoms with Crippen molar-refractivity contribution < 1.29 is 9.59 Å². The van der Waals surface area contributed by atoms with Crippen LogP contribution in [0.3, 0.4) is 0 Å². The second kappa shape index (κ2) is 9.06. The fraction of sp³-hybridized carbons (Fsp3) is 0.300. The van der Waals surface area contributed by atoms with E-state index in [1.165, 1.54) is 4.90 Å². The maximum atomic E-state index is 12.9. The number of benzene rings is 2. The average Bonchev–Trinajstić information content (AvgIpc) is 2.62. The number of carbonyl (C=O) groups is 2. The van der Waals surface area contributed by atoms with Crippen molar-refractivity contribution >= 4 is 35.0 Å². The van der Waals surface area contributed by atoms with E-state index in [9.17, 15) is 9.59 Å². The Morgan fingerprint density at radius 2 is 1.65 bits per heavy atom. The molecule has 2 aromatic rings. The first-order valence-electron chi connectivity index (χ1n) is 8.33. The molecule has 0 aliphatic rings. The molecule has 0 saturated carbocycles. The highest BCUT2D eigenvalue weighted by molar-refractivity contribution is 6.36. The third-order valence-corrected chi connectivity index (χ3v) is 4.99. The van der Waals surface area contributed by atoms with Crippen LogP contribution in [-0.4, -0.2) is 29.8 Å². The molecule has 0 bridgehead atoms. The van der Waals surface area contributed by atoms with Crippen LogP contribution in [0.4, 0.5) is 0 Å². The molecule has 1 atom stereocenters. The highest BCUT2D eigenvalue weighted by Crippen LogP contribution is 2.26. The van der Waals surface area contributed by atoms with Gasteiger partial charge in [-0.05, 0) is 31.5 Å². The van der Waals surface area contributed by atoms with Crippen molar-refractivity contribution in [3.8, 4) is 0 Å². The van der Waals surface area contributed by atoms with E-state index in [1.807, 2.05) is 31.2 Å². The monoisotopic (exact) mass is 392 g/mol. The molecule has 2 aromatic carbocycles. The molecule has 138 valence electrons. The third-order valence-electron chi connectivity index (χ3n) is 4.28. The number of amides is 2. The molecule has 0 spiro atoms. The van der Waals surface area contributed by atoms with Crippen molar-refractivity contribution in [1.82, 2.24) is 10.2 Å². The van der Waals surface area contributed by atoms with Crippen LogP contribution in [0.1, 0.15) is 23.6 Å². The van der Waals surface area contributed by atoms with E-state index < -0.39 is 6.04 Å². The second-order valence-electron chi connectivity index (χ2n) is 6.17. The molecule has 0 aliphatic heterocycles. The molecule has 2 rings (SSSR count). The summed E-state index contributed by atoms with van der Waals surface area (Å²) in [4.78, 5) is 26.6. The molecule has 0 heterocycles. The summed E-state index contributed by atoms with van der Waals surface area (Å²) >= 11 is 12.5. The summed E-state index contributed by atoms with van der Waals surface area (Å²) < 4.78 is 0. The van der Waals surface area contributed by atoms with Crippen LogP contribution in [0.25, 0.3) is 0 Å². The average molecular weight is 393 g/mol. The van der Waals surface area contributed by atoms with E-state index in [0.29, 0.717) is 15.6 Å². The molecular weight excluding hydrogens is 371 g/mol. The van der Waals surface area contributed by atoms with Gasteiger partial charge in [-0.1, -0.05) is 59.1 Å². The van der Waals surface area contributed by atoms with E-state index in [-0.39, 0.29) is 24.8 Å². The van der Waals surface area contributed by atoms with Gasteiger partial charge in [0.1, 0.15) is 6.04 Å². The lowest BCUT2D eigenvalue weighted by Gasteiger charge is -2.29. The van der Waals surface area contributed by atoms with Gasteiger partial charge in [-0.3, -0.25) is 9.59 Å². The first kappa shape index (κ1) is 20.3. The molecule has 0 aliphatic carbocycles. The minimum atomic E-state index is -0.648. The Morgan fingerprint density at radius 3 is 2.19 bits per heavy atom. The molecule has 1 N–H and O–H groups in total. The van der Waals surface area contributed by atoms with Gasteiger partial charge in [0.25, 0.3) is 0 Å². The number of aryl methyl sites for hydroxylation is 1. The number of nitrogens with one attached hydrogen (secondary N) is 1. The van der Waals surface area contributed by atoms with E-state index in [0.717, 1.165) is 11.1 Å². The van der Waals surface area contributed by atoms with Crippen LogP contribution in [0.15, 0.2) is 42.5 Å². The van der Waals surface area contributed by atoms with Gasteiger partial charge >= 0.3 is 0 Å². The van der Waals surface area contributed by atoms with Crippen LogP contribution in [0.2, 0.25) is 10.0 Å². The number of halogens is 2. The number of hydrogen-bond acceptors (Lipinski definition) is 2. The van der Waals surface area contributed by atoms with Crippen LogP contribution in [-0.2, 0) is 22.6 Å². The summed E-state index contributed by atoms with van der Waals surface area (Å²) in [5.41, 5.74) is 2.64. The fourth-order valence-electron chi connectivity index (χ4n) is 2.63. The highest BCUT2D eigenvalue weighted by atomic mass is 35.5. The minimum absolute atomic E-state index is 0.164. The van der Waals surface area contributed by atoms with Gasteiger partial charge in [0.2, 0.25) is 11.8 Å². The van der Waals surface area contributed by atoms with Gasteiger partial charge in [-0.25, -0.2) is 0 Å². The Balaban J connectivity index is 2.29. The van der Waals surface area contributed by atoms with E-state index in [2.05, 4.69) is 5.32 Å². The number of rotatable bonds is 6. The van der Waals surface area contributed by atoms with Crippen molar-refractivity contribution in [2.75, 3.05) is 7.05 Å². The first-order chi connectivity index (χ1) is 12.3. The van der Waals surface area contributed by atoms with Crippen molar-refractivity contribution in [1.29, 1.82) is 0 Å². The lowest BCUT2D eigenvalue weighted by molar-refractivity contribution is -0.139. The topological polar surface area (TPSA) is 49.4 Å². The quantitative estimate of drug-likeness (QED) is 0.806. The molecule has 6 heteroatoms. The molecule has 26 heavy (non-hydrogen) atoms. The Bertz CT molecular complexity index is 771. The van der Waals surface area contributed by atoms with Gasteiger partial charge in [0.15, 0.2) is 0 Å². The third kappa shape index (κ3) is 4.99. The predicted molar refractivity (Wildman–Crippen MR) is 105 cm³/mol. The van der Waals surface area contributed by atoms with E-state index in [1.54, 1.807) is 32.2 Å². The van der Waals surface area contributed by atoms with Crippen molar-refractivity contribution in [3.05, 3.63) is 69.2 Å². The SMILES string of the molecule is CNC(=O)[C@@H](C)N(Cc1c(Cl)cccc1Cl)C(=O)Cc1ccc(C)cc1. The van der Waals surface area contributed by atoms with Gasteiger partial charge in [-0.15, -0.1) is 0 Å². The van der Waals surface area contributed by atoms with Crippen molar-refractivity contribution in [2.45, 2.75) is 32.9 Å². The van der Waals surface area contributed by atoms with Crippen LogP contribution < -0.4 is 5.32 Å². The zero-order valence-corrected chi connectivity index (χ0v) is 16.6. The number of nitrogens with zero attached hydrogens (tertiary/aromatic N) is 1. The molecule has 0 radical (unpaired) electrons. The largest absolute Gasteiger partial charge is 0.357 e. The summed E-state index contributed by atoms with van der Waals surface area (Å²) in [6.45, 7) is 3.85. The summed E-state index contributed by atoms with van der Waals surface area (Å²) in [6.07, 6.45) is 0.198. The summed E-state index contributed by atoms with van der Waals surface area (Å²) in [7, 11) is 1.55. The lowest BCUT2D eigenvalue weighted by atomic mass is 10.1. The van der Waals surface area contributed by atoms with Crippen molar-refractivity contribution in [3.63, 3.8) is 0 Å². The molecule has 4 nitrogen and oxygen atoms in total. The molecular formula is C20H22Cl2N2O2. The fourth-order valence-corrected chi connectivity index (χ4v) is 3.14. The molecule has 0 saturated heterocycles. The second-order valence-corrected chi connectivity index (χ2v) is 6.99. The maximum Gasteiger partial charge on any atom is 0.242 e. The summed E-state index contributed by atoms with van der Waals surface area (Å²) in [5, 5.41) is 3.52. The highest BCUT2D eigenvalue weighted by Gasteiger charge is 2.26. The standard InChI is InChI=1S/C20H22Cl2N2O2/c1-13-7-9-15(10-8-13)11-19(25)24(14(2)20(26)23-3)12-16-17(21)5-4-6-18(16)22/h4-10,14H,11-12H2,1-3H3,(H,23,26)/t14-/m1/s1. The maximum absolute atomic E-state index is 12.9. The Kier molecular flexibility index (Phi) is 7.06. The summed E-state index contributed by atoms with van der Waals surface area (Å²) in [5.74, 6) is -0.411. The Labute approximate surface area is 164 Å². The van der Waals surface area contributed by atoms with Gasteiger partial charge in [0.05, 0.1) is 6.42 Å². The zero-order valence-electron chi connectivity index (χ0n) is 15.1. The zero-order chi connectivity index (χ0) is 19.3. The molecule has 2 amide bonds. The normalized spacial score (nSPS) is 11.7. The summed E-state index contributed by atoms with van der Waals surface area (Å²) in [6, 6.07) is 12.3. The van der Waals surface area contributed by atoms with Crippen LogP contribution in [0.5, 0.6) is 0 Å². The van der Waals surface area contributed by atoms with Gasteiger partial charge < -0.3 is 10.2 Å². The smallest absolute Gasteiger partial charge is 0.242 e. The molecule has 0 unspecified atom stereocenters. The Morgan fingerprint density at radius 1 is 1.08 bits per heavy atom. The molecule has 0 aromatic heterocycles. The van der Waals surface area contributed by atoms with E-state index >= 15 is 0 Å². The van der Waals surface area contributed by atoms with Crippen LogP contribution in [0, 0.1) is 6.92 Å². The molecule has 0 fully saturated rings. The number of carbonyl (C=O) groups excluding carboxylic acids is 2. The minimum Gasteiger partial charge on any atom is -0.357 e. The number of hydrogen-bond donors (Lipinski definition) is 1. The number of likely N-dealkylation sites (N-methyl/N-ethyl adjacent to an activating group) is 1. The van der Waals surface area contributed by atoms with Gasteiger partial charge in [0, 0.05) is 29.2 Å². The van der Waals surface area contributed by atoms with Crippen LogP contribution >= 0.6 is 23.2 Å². The predicted octanol–water partition coefficient (Wildman–Crippen LogP) is 4.01. The lowest BCUT2D eigenvalue weighted by Crippen LogP contribution is -2.47. The Hall–Kier alpha value is -2.04. The van der Waals surface area contributed by atoms with E-state index in [4.69, 9.17) is 23.2 Å². The van der Waals surface area contributed by atoms with Gasteiger partial charge in [-0.2, -0.15) is 0 Å². The van der Waals surface area contributed by atoms with Crippen molar-refractivity contribution in [2.24, 2.45) is 0 Å². The first-order valence-corrected chi connectivity index (χ1v) is 9.08.